The maximum absolute atomic E-state index is 12.9. The van der Waals surface area contributed by atoms with E-state index in [9.17, 15) is 9.59 Å². The van der Waals surface area contributed by atoms with Gasteiger partial charge in [-0.25, -0.2) is 4.98 Å². The van der Waals surface area contributed by atoms with Crippen molar-refractivity contribution in [1.29, 1.82) is 0 Å². The van der Waals surface area contributed by atoms with Crippen molar-refractivity contribution in [1.82, 2.24) is 25.1 Å². The number of nitrogens with one attached hydrogen (secondary N) is 1. The van der Waals surface area contributed by atoms with E-state index in [0.717, 1.165) is 51.4 Å². The number of nitrogens with zero attached hydrogens (tertiary/aromatic N) is 4. The number of aromatic nitrogens is 2. The minimum absolute atomic E-state index is 0.0321. The molecule has 2 heterocycles. The molecule has 0 spiro atoms. The molecule has 1 aliphatic rings. The minimum atomic E-state index is -0.175. The molecule has 1 aliphatic heterocycles. The lowest BCUT2D eigenvalue weighted by atomic mass is 10.2. The molecule has 1 aromatic heterocycles. The Morgan fingerprint density at radius 1 is 1.25 bits per heavy atom. The molecule has 0 aliphatic carbocycles. The van der Waals surface area contributed by atoms with Crippen LogP contribution in [0.4, 0.5) is 0 Å². The van der Waals surface area contributed by atoms with Gasteiger partial charge in [0, 0.05) is 51.4 Å². The molecule has 0 saturated carbocycles. The first-order chi connectivity index (χ1) is 13.5. The van der Waals surface area contributed by atoms with Crippen molar-refractivity contribution < 1.29 is 14.3 Å². The van der Waals surface area contributed by atoms with Gasteiger partial charge in [-0.3, -0.25) is 19.5 Å². The Morgan fingerprint density at radius 2 is 2.00 bits per heavy atom. The van der Waals surface area contributed by atoms with Crippen LogP contribution < -0.4 is 5.32 Å². The van der Waals surface area contributed by atoms with E-state index < -0.39 is 0 Å². The fraction of sp³-hybridized carbons (Fsp3) is 0.700. The summed E-state index contributed by atoms with van der Waals surface area (Å²) in [6, 6.07) is 0.140. The number of amides is 2. The van der Waals surface area contributed by atoms with Crippen molar-refractivity contribution in [3.05, 3.63) is 23.8 Å². The fourth-order valence-corrected chi connectivity index (χ4v) is 2.98. The summed E-state index contributed by atoms with van der Waals surface area (Å²) in [5, 5.41) is 2.95. The number of hydrogen-bond acceptors (Lipinski definition) is 6. The fourth-order valence-electron chi connectivity index (χ4n) is 2.98. The van der Waals surface area contributed by atoms with Gasteiger partial charge in [0.05, 0.1) is 25.1 Å². The summed E-state index contributed by atoms with van der Waals surface area (Å²) in [6.07, 6.45) is 5.11. The first kappa shape index (κ1) is 22.2. The van der Waals surface area contributed by atoms with Gasteiger partial charge in [-0.05, 0) is 26.7 Å². The van der Waals surface area contributed by atoms with Crippen LogP contribution in [-0.4, -0.2) is 83.6 Å². The van der Waals surface area contributed by atoms with Crippen molar-refractivity contribution in [2.24, 2.45) is 0 Å². The maximum atomic E-state index is 12.9. The molecular formula is C20H33N5O3. The van der Waals surface area contributed by atoms with Gasteiger partial charge in [0.25, 0.3) is 5.91 Å². The van der Waals surface area contributed by atoms with E-state index in [4.69, 9.17) is 4.74 Å². The predicted octanol–water partition coefficient (Wildman–Crippen LogP) is 1.25. The number of carbonyl (C=O) groups is 2. The highest BCUT2D eigenvalue weighted by molar-refractivity contribution is 5.92. The molecule has 28 heavy (non-hydrogen) atoms. The van der Waals surface area contributed by atoms with Crippen molar-refractivity contribution in [2.75, 3.05) is 45.9 Å². The maximum Gasteiger partial charge on any atom is 0.274 e. The summed E-state index contributed by atoms with van der Waals surface area (Å²) in [5.74, 6) is -0.207. The number of aryl methyl sites for hydroxylation is 1. The van der Waals surface area contributed by atoms with Gasteiger partial charge in [-0.2, -0.15) is 0 Å². The van der Waals surface area contributed by atoms with Crippen LogP contribution in [-0.2, 0) is 9.53 Å². The van der Waals surface area contributed by atoms with Gasteiger partial charge in [0.15, 0.2) is 0 Å². The molecule has 1 aromatic rings. The summed E-state index contributed by atoms with van der Waals surface area (Å²) in [4.78, 5) is 37.5. The van der Waals surface area contributed by atoms with Crippen LogP contribution in [0.5, 0.6) is 0 Å². The zero-order valence-corrected chi connectivity index (χ0v) is 17.3. The van der Waals surface area contributed by atoms with E-state index in [1.165, 1.54) is 6.20 Å². The number of morpholine rings is 1. The largest absolute Gasteiger partial charge is 0.379 e. The molecule has 8 heteroatoms. The molecule has 0 aromatic carbocycles. The van der Waals surface area contributed by atoms with E-state index in [2.05, 4.69) is 20.2 Å². The third-order valence-corrected chi connectivity index (χ3v) is 4.92. The summed E-state index contributed by atoms with van der Waals surface area (Å²) in [7, 11) is 0. The highest BCUT2D eigenvalue weighted by Gasteiger charge is 2.19. The number of carbonyl (C=O) groups excluding carboxylic acids is 2. The quantitative estimate of drug-likeness (QED) is 0.646. The van der Waals surface area contributed by atoms with Gasteiger partial charge < -0.3 is 15.0 Å². The lowest BCUT2D eigenvalue weighted by Crippen LogP contribution is -2.41. The van der Waals surface area contributed by atoms with Crippen LogP contribution in [0.15, 0.2) is 12.4 Å². The molecule has 2 rings (SSSR count). The SMILES string of the molecule is CCC(C)NC(=O)CCN(CCCN1CCOCC1)C(=O)c1cnc(C)cn1. The zero-order chi connectivity index (χ0) is 20.4. The van der Waals surface area contributed by atoms with E-state index >= 15 is 0 Å². The van der Waals surface area contributed by atoms with Crippen molar-refractivity contribution >= 4 is 11.8 Å². The number of hydrogen-bond donors (Lipinski definition) is 1. The molecule has 1 N–H and O–H groups in total. The Bertz CT molecular complexity index is 617. The average molecular weight is 392 g/mol. The third kappa shape index (κ3) is 7.52. The molecule has 8 nitrogen and oxygen atoms in total. The second-order valence-electron chi connectivity index (χ2n) is 7.27. The monoisotopic (exact) mass is 391 g/mol. The summed E-state index contributed by atoms with van der Waals surface area (Å²) >= 11 is 0. The van der Waals surface area contributed by atoms with E-state index in [1.54, 1.807) is 11.1 Å². The molecule has 1 unspecified atom stereocenters. The van der Waals surface area contributed by atoms with E-state index in [0.29, 0.717) is 18.8 Å². The Morgan fingerprint density at radius 3 is 2.64 bits per heavy atom. The minimum Gasteiger partial charge on any atom is -0.379 e. The van der Waals surface area contributed by atoms with Crippen molar-refractivity contribution in [3.63, 3.8) is 0 Å². The summed E-state index contributed by atoms with van der Waals surface area (Å²) < 4.78 is 5.37. The Balaban J connectivity index is 1.92. The average Bonchev–Trinajstić information content (AvgIpc) is 2.71. The van der Waals surface area contributed by atoms with Crippen molar-refractivity contribution in [3.8, 4) is 0 Å². The van der Waals surface area contributed by atoms with E-state index in [1.807, 2.05) is 20.8 Å². The first-order valence-corrected chi connectivity index (χ1v) is 10.2. The van der Waals surface area contributed by atoms with Gasteiger partial charge in [0.1, 0.15) is 5.69 Å². The van der Waals surface area contributed by atoms with Gasteiger partial charge in [0.2, 0.25) is 5.91 Å². The van der Waals surface area contributed by atoms with Gasteiger partial charge in [-0.1, -0.05) is 6.92 Å². The van der Waals surface area contributed by atoms with Crippen LogP contribution in [0.3, 0.4) is 0 Å². The van der Waals surface area contributed by atoms with Crippen LogP contribution >= 0.6 is 0 Å². The topological polar surface area (TPSA) is 87.7 Å². The van der Waals surface area contributed by atoms with Crippen LogP contribution in [0.1, 0.15) is 49.3 Å². The standard InChI is InChI=1S/C20H33N5O3/c1-4-16(2)23-19(26)6-9-25(8-5-7-24-10-12-28-13-11-24)20(27)18-15-21-17(3)14-22-18/h14-16H,4-13H2,1-3H3,(H,23,26). The second-order valence-corrected chi connectivity index (χ2v) is 7.27. The lowest BCUT2D eigenvalue weighted by Gasteiger charge is -2.28. The Labute approximate surface area is 167 Å². The molecule has 1 fully saturated rings. The van der Waals surface area contributed by atoms with Crippen molar-refractivity contribution in [2.45, 2.75) is 46.1 Å². The van der Waals surface area contributed by atoms with Crippen LogP contribution in [0.25, 0.3) is 0 Å². The Kier molecular flexibility index (Phi) is 9.30. The molecular weight excluding hydrogens is 358 g/mol. The van der Waals surface area contributed by atoms with Crippen LogP contribution in [0, 0.1) is 6.92 Å². The molecule has 2 amide bonds. The molecule has 0 bridgehead atoms. The first-order valence-electron chi connectivity index (χ1n) is 10.2. The van der Waals surface area contributed by atoms with Crippen LogP contribution in [0.2, 0.25) is 0 Å². The normalized spacial score (nSPS) is 15.8. The lowest BCUT2D eigenvalue weighted by molar-refractivity contribution is -0.121. The highest BCUT2D eigenvalue weighted by atomic mass is 16.5. The molecule has 1 atom stereocenters. The zero-order valence-electron chi connectivity index (χ0n) is 17.3. The number of rotatable bonds is 10. The smallest absolute Gasteiger partial charge is 0.274 e. The highest BCUT2D eigenvalue weighted by Crippen LogP contribution is 2.06. The summed E-state index contributed by atoms with van der Waals surface area (Å²) in [6.45, 7) is 11.1. The second kappa shape index (κ2) is 11.7. The summed E-state index contributed by atoms with van der Waals surface area (Å²) in [5.41, 5.74) is 1.09. The van der Waals surface area contributed by atoms with Gasteiger partial charge >= 0.3 is 0 Å². The molecule has 1 saturated heterocycles. The molecule has 156 valence electrons. The third-order valence-electron chi connectivity index (χ3n) is 4.92. The molecule has 0 radical (unpaired) electrons. The Hall–Kier alpha value is -2.06. The predicted molar refractivity (Wildman–Crippen MR) is 107 cm³/mol. The van der Waals surface area contributed by atoms with E-state index in [-0.39, 0.29) is 24.3 Å². The van der Waals surface area contributed by atoms with Gasteiger partial charge in [-0.15, -0.1) is 0 Å². The number of ether oxygens (including phenoxy) is 1.